The Kier molecular flexibility index (Phi) is 9.92. The van der Waals surface area contributed by atoms with Gasteiger partial charge in [-0.25, -0.2) is 8.42 Å². The molecule has 1 N–H and O–H groups in total. The summed E-state index contributed by atoms with van der Waals surface area (Å²) >= 11 is 0. The molecule has 3 aromatic carbocycles. The van der Waals surface area contributed by atoms with Gasteiger partial charge in [-0.1, -0.05) is 72.6 Å². The van der Waals surface area contributed by atoms with Crippen molar-refractivity contribution in [3.63, 3.8) is 0 Å². The molecule has 8 heteroatoms. The number of amides is 2. The van der Waals surface area contributed by atoms with Gasteiger partial charge in [0.05, 0.1) is 10.6 Å². The Morgan fingerprint density at radius 2 is 1.54 bits per heavy atom. The minimum absolute atomic E-state index is 0.0546. The van der Waals surface area contributed by atoms with Crippen molar-refractivity contribution in [2.75, 3.05) is 10.8 Å². The fraction of sp³-hybridized carbons (Fsp3) is 0.355. The first kappa shape index (κ1) is 29.9. The molecule has 0 heterocycles. The van der Waals surface area contributed by atoms with Crippen LogP contribution in [0, 0.1) is 20.8 Å². The van der Waals surface area contributed by atoms with Crippen molar-refractivity contribution in [1.82, 2.24) is 10.2 Å². The molecule has 0 bridgehead atoms. The quantitative estimate of drug-likeness (QED) is 0.359. The second-order valence-electron chi connectivity index (χ2n) is 10.1. The van der Waals surface area contributed by atoms with Crippen molar-refractivity contribution < 1.29 is 18.0 Å². The molecular formula is C31H39N3O4S. The molecule has 7 nitrogen and oxygen atoms in total. The summed E-state index contributed by atoms with van der Waals surface area (Å²) in [4.78, 5) is 28.7. The smallest absolute Gasteiger partial charge is 0.264 e. The average Bonchev–Trinajstić information content (AvgIpc) is 2.90. The molecule has 0 unspecified atom stereocenters. The van der Waals surface area contributed by atoms with E-state index in [-0.39, 0.29) is 23.4 Å². The van der Waals surface area contributed by atoms with E-state index in [0.29, 0.717) is 5.69 Å². The summed E-state index contributed by atoms with van der Waals surface area (Å²) in [6.07, 6.45) is 0.750. The molecule has 0 radical (unpaired) electrons. The fourth-order valence-electron chi connectivity index (χ4n) is 4.37. The number of hydrogen-bond acceptors (Lipinski definition) is 4. The maximum absolute atomic E-state index is 14.0. The Hall–Kier alpha value is -3.65. The van der Waals surface area contributed by atoms with Crippen molar-refractivity contribution in [3.8, 4) is 0 Å². The molecule has 2 atom stereocenters. The monoisotopic (exact) mass is 549 g/mol. The molecule has 0 aromatic heterocycles. The molecule has 0 aliphatic rings. The Morgan fingerprint density at radius 1 is 0.872 bits per heavy atom. The van der Waals surface area contributed by atoms with Crippen LogP contribution in [0.3, 0.4) is 0 Å². The lowest BCUT2D eigenvalue weighted by atomic mass is 10.1. The second kappa shape index (κ2) is 12.9. The third-order valence-corrected chi connectivity index (χ3v) is 8.61. The molecule has 0 spiro atoms. The van der Waals surface area contributed by atoms with Crippen LogP contribution in [-0.4, -0.2) is 43.8 Å². The molecular weight excluding hydrogens is 510 g/mol. The van der Waals surface area contributed by atoms with E-state index in [9.17, 15) is 18.0 Å². The normalized spacial score (nSPS) is 12.9. The van der Waals surface area contributed by atoms with Gasteiger partial charge in [-0.3, -0.25) is 13.9 Å². The first-order valence-electron chi connectivity index (χ1n) is 13.2. The Morgan fingerprint density at radius 3 is 2.15 bits per heavy atom. The van der Waals surface area contributed by atoms with E-state index < -0.39 is 28.5 Å². The summed E-state index contributed by atoms with van der Waals surface area (Å²) < 4.78 is 28.9. The van der Waals surface area contributed by atoms with Crippen LogP contribution in [-0.2, 0) is 26.2 Å². The minimum Gasteiger partial charge on any atom is -0.352 e. The Labute approximate surface area is 232 Å². The highest BCUT2D eigenvalue weighted by Gasteiger charge is 2.33. The number of sulfonamides is 1. The van der Waals surface area contributed by atoms with Gasteiger partial charge < -0.3 is 10.2 Å². The van der Waals surface area contributed by atoms with Crippen LogP contribution in [0.25, 0.3) is 0 Å². The molecule has 3 rings (SSSR count). The van der Waals surface area contributed by atoms with E-state index in [1.807, 2.05) is 71.0 Å². The van der Waals surface area contributed by atoms with Crippen molar-refractivity contribution >= 4 is 27.5 Å². The molecule has 39 heavy (non-hydrogen) atoms. The van der Waals surface area contributed by atoms with E-state index in [0.717, 1.165) is 33.0 Å². The number of benzene rings is 3. The lowest BCUT2D eigenvalue weighted by molar-refractivity contribution is -0.139. The summed E-state index contributed by atoms with van der Waals surface area (Å²) in [5.41, 5.74) is 4.02. The predicted octanol–water partition coefficient (Wildman–Crippen LogP) is 5.14. The summed E-state index contributed by atoms with van der Waals surface area (Å²) in [7, 11) is -4.08. The lowest BCUT2D eigenvalue weighted by Gasteiger charge is -2.33. The van der Waals surface area contributed by atoms with Gasteiger partial charge in [0.15, 0.2) is 0 Å². The van der Waals surface area contributed by atoms with Crippen molar-refractivity contribution in [2.45, 2.75) is 71.5 Å². The van der Waals surface area contributed by atoms with E-state index in [4.69, 9.17) is 0 Å². The first-order valence-corrected chi connectivity index (χ1v) is 14.7. The number of nitrogens with zero attached hydrogens (tertiary/aromatic N) is 2. The van der Waals surface area contributed by atoms with Gasteiger partial charge >= 0.3 is 0 Å². The fourth-order valence-corrected chi connectivity index (χ4v) is 5.87. The number of rotatable bonds is 11. The summed E-state index contributed by atoms with van der Waals surface area (Å²) in [5.74, 6) is -0.753. The summed E-state index contributed by atoms with van der Waals surface area (Å²) in [6, 6.07) is 20.4. The van der Waals surface area contributed by atoms with E-state index >= 15 is 0 Å². The van der Waals surface area contributed by atoms with Crippen LogP contribution in [0.1, 0.15) is 49.4 Å². The number of carbonyl (C=O) groups excluding carboxylic acids is 2. The second-order valence-corrected chi connectivity index (χ2v) is 12.0. The van der Waals surface area contributed by atoms with Gasteiger partial charge in [0, 0.05) is 12.6 Å². The number of nitrogens with one attached hydrogen (secondary N) is 1. The van der Waals surface area contributed by atoms with Gasteiger partial charge in [-0.15, -0.1) is 0 Å². The van der Waals surface area contributed by atoms with Crippen LogP contribution in [0.5, 0.6) is 0 Å². The predicted molar refractivity (Wildman–Crippen MR) is 156 cm³/mol. The molecule has 208 valence electrons. The highest BCUT2D eigenvalue weighted by molar-refractivity contribution is 7.92. The third-order valence-electron chi connectivity index (χ3n) is 6.83. The molecule has 0 fully saturated rings. The van der Waals surface area contributed by atoms with Gasteiger partial charge in [0.2, 0.25) is 11.8 Å². The number of aryl methyl sites for hydroxylation is 3. The zero-order valence-electron chi connectivity index (χ0n) is 23.6. The van der Waals surface area contributed by atoms with Crippen LogP contribution in [0.15, 0.2) is 77.7 Å². The molecule has 0 aliphatic heterocycles. The summed E-state index contributed by atoms with van der Waals surface area (Å²) in [6.45, 7) is 11.0. The average molecular weight is 550 g/mol. The molecule has 0 saturated carbocycles. The standard InChI is InChI=1S/C31H39N3O4S/c1-7-25(5)32-31(36)26(6)33(20-27-13-11-12-22(2)19-27)30(35)21-34(29-17-16-23(3)18-24(29)4)39(37,38)28-14-9-8-10-15-28/h8-19,25-26H,7,20-21H2,1-6H3,(H,32,36)/t25-,26+/m1/s1. The summed E-state index contributed by atoms with van der Waals surface area (Å²) in [5, 5.41) is 2.95. The molecule has 3 aromatic rings. The highest BCUT2D eigenvalue weighted by atomic mass is 32.2. The van der Waals surface area contributed by atoms with Crippen molar-refractivity contribution in [1.29, 1.82) is 0 Å². The molecule has 0 saturated heterocycles. The van der Waals surface area contributed by atoms with Crippen LogP contribution < -0.4 is 9.62 Å². The Bertz CT molecular complexity index is 1410. The zero-order chi connectivity index (χ0) is 28.7. The SMILES string of the molecule is CC[C@@H](C)NC(=O)[C@H](C)N(Cc1cccc(C)c1)C(=O)CN(c1ccc(C)cc1C)S(=O)(=O)c1ccccc1. The maximum atomic E-state index is 14.0. The van der Waals surface area contributed by atoms with E-state index in [1.165, 1.54) is 17.0 Å². The zero-order valence-corrected chi connectivity index (χ0v) is 24.5. The van der Waals surface area contributed by atoms with Crippen molar-refractivity contribution in [3.05, 3.63) is 95.1 Å². The van der Waals surface area contributed by atoms with Gasteiger partial charge in [0.25, 0.3) is 10.0 Å². The third kappa shape index (κ3) is 7.47. The van der Waals surface area contributed by atoms with E-state index in [1.54, 1.807) is 31.2 Å². The van der Waals surface area contributed by atoms with Gasteiger partial charge in [0.1, 0.15) is 12.6 Å². The number of carbonyl (C=O) groups is 2. The number of hydrogen-bond donors (Lipinski definition) is 1. The van der Waals surface area contributed by atoms with E-state index in [2.05, 4.69) is 5.32 Å². The number of anilines is 1. The first-order chi connectivity index (χ1) is 18.4. The van der Waals surface area contributed by atoms with Gasteiger partial charge in [-0.05, 0) is 70.4 Å². The minimum atomic E-state index is -4.08. The van der Waals surface area contributed by atoms with Gasteiger partial charge in [-0.2, -0.15) is 0 Å². The van der Waals surface area contributed by atoms with Crippen LogP contribution >= 0.6 is 0 Å². The topological polar surface area (TPSA) is 86.8 Å². The van der Waals surface area contributed by atoms with Crippen molar-refractivity contribution in [2.24, 2.45) is 0 Å². The Balaban J connectivity index is 2.05. The molecule has 2 amide bonds. The highest BCUT2D eigenvalue weighted by Crippen LogP contribution is 2.28. The molecule has 0 aliphatic carbocycles. The maximum Gasteiger partial charge on any atom is 0.264 e. The lowest BCUT2D eigenvalue weighted by Crippen LogP contribution is -2.52. The van der Waals surface area contributed by atoms with Crippen LogP contribution in [0.4, 0.5) is 5.69 Å². The van der Waals surface area contributed by atoms with Crippen LogP contribution in [0.2, 0.25) is 0 Å². The largest absolute Gasteiger partial charge is 0.352 e.